The summed E-state index contributed by atoms with van der Waals surface area (Å²) in [4.78, 5) is 13.6. The predicted molar refractivity (Wildman–Crippen MR) is 70.7 cm³/mol. The Balaban J connectivity index is 2.64. The van der Waals surface area contributed by atoms with Crippen LogP contribution in [0.5, 0.6) is 0 Å². The van der Waals surface area contributed by atoms with E-state index in [0.29, 0.717) is 19.8 Å². The van der Waals surface area contributed by atoms with Gasteiger partial charge in [-0.05, 0) is 24.9 Å². The first-order valence-corrected chi connectivity index (χ1v) is 6.53. The molecule has 0 bridgehead atoms. The van der Waals surface area contributed by atoms with Gasteiger partial charge >= 0.3 is 6.09 Å². The molecular formula is C11H18INO3. The van der Waals surface area contributed by atoms with Crippen molar-refractivity contribution >= 4 is 28.7 Å². The van der Waals surface area contributed by atoms with Crippen LogP contribution in [0.4, 0.5) is 4.79 Å². The maximum Gasteiger partial charge on any atom is 0.410 e. The number of hydrogen-bond acceptors (Lipinski definition) is 3. The highest BCUT2D eigenvalue weighted by Gasteiger charge is 2.29. The van der Waals surface area contributed by atoms with Gasteiger partial charge in [0.15, 0.2) is 0 Å². The first-order chi connectivity index (χ1) is 7.44. The Labute approximate surface area is 110 Å². The SMILES string of the molecule is CC(C)(C)OC(=O)N1CCOCC1/C=C\I. The Hall–Kier alpha value is -0.300. The van der Waals surface area contributed by atoms with Crippen LogP contribution in [0.25, 0.3) is 0 Å². The van der Waals surface area contributed by atoms with Gasteiger partial charge in [0.1, 0.15) is 5.60 Å². The molecule has 1 heterocycles. The average molecular weight is 339 g/mol. The maximum atomic E-state index is 11.9. The van der Waals surface area contributed by atoms with Crippen molar-refractivity contribution in [3.05, 3.63) is 10.2 Å². The molecule has 1 rings (SSSR count). The molecule has 1 atom stereocenters. The third kappa shape index (κ3) is 4.29. The summed E-state index contributed by atoms with van der Waals surface area (Å²) in [5.41, 5.74) is -0.450. The molecule has 0 spiro atoms. The second-order valence-electron chi connectivity index (χ2n) is 4.63. The van der Waals surface area contributed by atoms with E-state index in [0.717, 1.165) is 0 Å². The number of amides is 1. The number of halogens is 1. The molecule has 0 radical (unpaired) electrons. The predicted octanol–water partition coefficient (Wildman–Crippen LogP) is 2.57. The van der Waals surface area contributed by atoms with Crippen LogP contribution in [0.3, 0.4) is 0 Å². The Morgan fingerprint density at radius 1 is 1.56 bits per heavy atom. The van der Waals surface area contributed by atoms with Crippen LogP contribution in [0.2, 0.25) is 0 Å². The van der Waals surface area contributed by atoms with Crippen LogP contribution in [0, 0.1) is 0 Å². The second-order valence-corrected chi connectivity index (χ2v) is 5.35. The van der Waals surface area contributed by atoms with E-state index in [2.05, 4.69) is 22.6 Å². The van der Waals surface area contributed by atoms with Gasteiger partial charge in [-0.2, -0.15) is 0 Å². The quantitative estimate of drug-likeness (QED) is 0.690. The maximum absolute atomic E-state index is 11.9. The van der Waals surface area contributed by atoms with Gasteiger partial charge < -0.3 is 9.47 Å². The molecule has 1 saturated heterocycles. The molecule has 1 aliphatic rings. The molecule has 16 heavy (non-hydrogen) atoms. The van der Waals surface area contributed by atoms with Crippen molar-refractivity contribution in [3.63, 3.8) is 0 Å². The highest BCUT2D eigenvalue weighted by molar-refractivity contribution is 14.1. The van der Waals surface area contributed by atoms with Crippen LogP contribution in [0.1, 0.15) is 20.8 Å². The Kier molecular flexibility index (Phi) is 5.04. The zero-order valence-corrected chi connectivity index (χ0v) is 12.1. The number of nitrogens with zero attached hydrogens (tertiary/aromatic N) is 1. The number of morpholine rings is 1. The van der Waals surface area contributed by atoms with Gasteiger partial charge in [-0.3, -0.25) is 4.90 Å². The van der Waals surface area contributed by atoms with Gasteiger partial charge in [-0.25, -0.2) is 4.79 Å². The van der Waals surface area contributed by atoms with Gasteiger partial charge in [-0.15, -0.1) is 0 Å². The third-order valence-electron chi connectivity index (χ3n) is 2.09. The van der Waals surface area contributed by atoms with E-state index in [9.17, 15) is 4.79 Å². The molecule has 1 unspecified atom stereocenters. The monoisotopic (exact) mass is 339 g/mol. The first-order valence-electron chi connectivity index (χ1n) is 5.28. The fourth-order valence-electron chi connectivity index (χ4n) is 1.41. The largest absolute Gasteiger partial charge is 0.444 e. The fraction of sp³-hybridized carbons (Fsp3) is 0.727. The summed E-state index contributed by atoms with van der Waals surface area (Å²) < 4.78 is 12.6. The number of carbonyl (C=O) groups is 1. The lowest BCUT2D eigenvalue weighted by Gasteiger charge is -2.35. The second kappa shape index (κ2) is 5.86. The first kappa shape index (κ1) is 13.8. The summed E-state index contributed by atoms with van der Waals surface area (Å²) in [6, 6.07) is -0.0134. The molecule has 1 fully saturated rings. The lowest BCUT2D eigenvalue weighted by molar-refractivity contribution is -0.0216. The highest BCUT2D eigenvalue weighted by Crippen LogP contribution is 2.15. The lowest BCUT2D eigenvalue weighted by Crippen LogP contribution is -2.49. The van der Waals surface area contributed by atoms with Crippen LogP contribution < -0.4 is 0 Å². The highest BCUT2D eigenvalue weighted by atomic mass is 127. The van der Waals surface area contributed by atoms with Gasteiger partial charge in [0, 0.05) is 6.54 Å². The van der Waals surface area contributed by atoms with Crippen molar-refractivity contribution in [3.8, 4) is 0 Å². The van der Waals surface area contributed by atoms with Gasteiger partial charge in [0.05, 0.1) is 19.3 Å². The Morgan fingerprint density at radius 3 is 2.81 bits per heavy atom. The summed E-state index contributed by atoms with van der Waals surface area (Å²) in [7, 11) is 0. The Morgan fingerprint density at radius 2 is 2.25 bits per heavy atom. The van der Waals surface area contributed by atoms with Crippen molar-refractivity contribution in [2.75, 3.05) is 19.8 Å². The van der Waals surface area contributed by atoms with Crippen LogP contribution in [-0.4, -0.2) is 42.4 Å². The topological polar surface area (TPSA) is 38.8 Å². The van der Waals surface area contributed by atoms with Crippen molar-refractivity contribution in [2.24, 2.45) is 0 Å². The van der Waals surface area contributed by atoms with Crippen molar-refractivity contribution in [1.82, 2.24) is 4.90 Å². The van der Waals surface area contributed by atoms with E-state index < -0.39 is 5.60 Å². The van der Waals surface area contributed by atoms with E-state index in [4.69, 9.17) is 9.47 Å². The number of ether oxygens (including phenoxy) is 2. The summed E-state index contributed by atoms with van der Waals surface area (Å²) in [6.45, 7) is 7.31. The Bertz CT molecular complexity index is 273. The number of rotatable bonds is 1. The van der Waals surface area contributed by atoms with E-state index in [1.165, 1.54) is 0 Å². The minimum Gasteiger partial charge on any atom is -0.444 e. The van der Waals surface area contributed by atoms with E-state index in [1.54, 1.807) is 4.90 Å². The zero-order chi connectivity index (χ0) is 12.2. The normalized spacial score (nSPS) is 22.5. The molecule has 4 nitrogen and oxygen atoms in total. The standard InChI is InChI=1S/C11H18INO3/c1-11(2,3)16-10(14)13-6-7-15-8-9(13)4-5-12/h4-5,9H,6-8H2,1-3H3/b5-4-. The van der Waals surface area contributed by atoms with Crippen LogP contribution >= 0.6 is 22.6 Å². The molecule has 1 aliphatic heterocycles. The van der Waals surface area contributed by atoms with Gasteiger partial charge in [-0.1, -0.05) is 28.7 Å². The number of carbonyl (C=O) groups excluding carboxylic acids is 1. The summed E-state index contributed by atoms with van der Waals surface area (Å²) >= 11 is 2.14. The molecule has 0 aromatic carbocycles. The zero-order valence-electron chi connectivity index (χ0n) is 9.90. The number of hydrogen-bond donors (Lipinski definition) is 0. The van der Waals surface area contributed by atoms with E-state index >= 15 is 0 Å². The molecular weight excluding hydrogens is 321 g/mol. The minimum atomic E-state index is -0.450. The summed E-state index contributed by atoms with van der Waals surface area (Å²) in [5.74, 6) is 0. The molecule has 5 heteroatoms. The minimum absolute atomic E-state index is 0.0134. The van der Waals surface area contributed by atoms with E-state index in [1.807, 2.05) is 30.9 Å². The van der Waals surface area contributed by atoms with Crippen molar-refractivity contribution in [1.29, 1.82) is 0 Å². The van der Waals surface area contributed by atoms with Crippen LogP contribution in [0.15, 0.2) is 10.2 Å². The van der Waals surface area contributed by atoms with Gasteiger partial charge in [0.2, 0.25) is 0 Å². The van der Waals surface area contributed by atoms with Crippen molar-refractivity contribution < 1.29 is 14.3 Å². The molecule has 0 aromatic rings. The smallest absolute Gasteiger partial charge is 0.410 e. The average Bonchev–Trinajstić information content (AvgIpc) is 2.16. The van der Waals surface area contributed by atoms with E-state index in [-0.39, 0.29) is 12.1 Å². The van der Waals surface area contributed by atoms with Crippen molar-refractivity contribution in [2.45, 2.75) is 32.4 Å². The summed E-state index contributed by atoms with van der Waals surface area (Å²) in [5, 5.41) is 0. The lowest BCUT2D eigenvalue weighted by atomic mass is 10.2. The van der Waals surface area contributed by atoms with Crippen LogP contribution in [-0.2, 0) is 9.47 Å². The molecule has 92 valence electrons. The molecule has 0 saturated carbocycles. The summed E-state index contributed by atoms with van der Waals surface area (Å²) in [6.07, 6.45) is 1.68. The molecule has 0 N–H and O–H groups in total. The molecule has 0 aromatic heterocycles. The van der Waals surface area contributed by atoms with Gasteiger partial charge in [0.25, 0.3) is 0 Å². The molecule has 0 aliphatic carbocycles. The fourth-order valence-corrected chi connectivity index (χ4v) is 1.89. The third-order valence-corrected chi connectivity index (χ3v) is 2.50. The molecule has 1 amide bonds.